The molecule has 2 aliphatic rings. The molecule has 138 valence electrons. The summed E-state index contributed by atoms with van der Waals surface area (Å²) < 4.78 is 13.3. The third kappa shape index (κ3) is 4.55. The summed E-state index contributed by atoms with van der Waals surface area (Å²) in [7, 11) is 0. The Morgan fingerprint density at radius 3 is 2.80 bits per heavy atom. The number of benzene rings is 1. The first-order chi connectivity index (χ1) is 11.9. The van der Waals surface area contributed by atoms with E-state index in [1.54, 1.807) is 0 Å². The van der Waals surface area contributed by atoms with Crippen LogP contribution in [0.2, 0.25) is 0 Å². The summed E-state index contributed by atoms with van der Waals surface area (Å²) in [6, 6.07) is 9.29. The standard InChI is InChI=1S/C20H27NO2S.ClH/c1-4-8-20-17(5-1)16(15-24-20)9-12-23-19-7-3-2-6-18(19)21-10-13-22-14-11-21;/h1,4-5,8,15,18-19H,2-3,6-7,9-14H2;1H/t18-,19-;/m0./s1. The number of halogens is 1. The molecule has 2 heterocycles. The molecule has 0 unspecified atom stereocenters. The Morgan fingerprint density at radius 2 is 1.92 bits per heavy atom. The predicted molar refractivity (Wildman–Crippen MR) is 107 cm³/mol. The Labute approximate surface area is 160 Å². The van der Waals surface area contributed by atoms with Crippen LogP contribution in [0.1, 0.15) is 31.2 Å². The van der Waals surface area contributed by atoms with Gasteiger partial charge >= 0.3 is 0 Å². The number of thiophene rings is 1. The number of rotatable bonds is 5. The molecular formula is C20H28ClNO2S. The fourth-order valence-electron chi connectivity index (χ4n) is 4.15. The summed E-state index contributed by atoms with van der Waals surface area (Å²) in [5.41, 5.74) is 1.44. The average Bonchev–Trinajstić information content (AvgIpc) is 3.06. The first kappa shape index (κ1) is 19.1. The van der Waals surface area contributed by atoms with Crippen molar-refractivity contribution in [2.45, 2.75) is 44.2 Å². The Kier molecular flexibility index (Phi) is 7.14. The van der Waals surface area contributed by atoms with E-state index in [4.69, 9.17) is 9.47 Å². The van der Waals surface area contributed by atoms with Crippen molar-refractivity contribution in [3.8, 4) is 0 Å². The molecule has 5 heteroatoms. The van der Waals surface area contributed by atoms with E-state index < -0.39 is 0 Å². The Morgan fingerprint density at radius 1 is 1.12 bits per heavy atom. The highest BCUT2D eigenvalue weighted by atomic mass is 35.5. The van der Waals surface area contributed by atoms with E-state index in [2.05, 4.69) is 34.5 Å². The Hall–Kier alpha value is -0.650. The lowest BCUT2D eigenvalue weighted by atomic mass is 9.91. The maximum atomic E-state index is 6.39. The summed E-state index contributed by atoms with van der Waals surface area (Å²) >= 11 is 1.85. The zero-order chi connectivity index (χ0) is 16.2. The average molecular weight is 382 g/mol. The zero-order valence-electron chi connectivity index (χ0n) is 14.7. The van der Waals surface area contributed by atoms with Crippen LogP contribution in [0.4, 0.5) is 0 Å². The van der Waals surface area contributed by atoms with Gasteiger partial charge in [0.25, 0.3) is 0 Å². The van der Waals surface area contributed by atoms with E-state index in [-0.39, 0.29) is 12.4 Å². The van der Waals surface area contributed by atoms with Gasteiger partial charge in [-0.1, -0.05) is 31.0 Å². The van der Waals surface area contributed by atoms with Crippen molar-refractivity contribution in [2.75, 3.05) is 32.9 Å². The molecule has 2 fully saturated rings. The Bertz CT molecular complexity index is 656. The topological polar surface area (TPSA) is 21.7 Å². The van der Waals surface area contributed by atoms with Gasteiger partial charge in [0, 0.05) is 23.8 Å². The molecule has 0 radical (unpaired) electrons. The van der Waals surface area contributed by atoms with E-state index in [0.29, 0.717) is 12.1 Å². The molecule has 1 saturated carbocycles. The number of ether oxygens (including phenoxy) is 2. The lowest BCUT2D eigenvalue weighted by Crippen LogP contribution is -2.51. The van der Waals surface area contributed by atoms with Gasteiger partial charge in [0.05, 0.1) is 25.9 Å². The highest BCUT2D eigenvalue weighted by Gasteiger charge is 2.31. The molecule has 1 aliphatic heterocycles. The molecular weight excluding hydrogens is 354 g/mol. The van der Waals surface area contributed by atoms with Crippen LogP contribution >= 0.6 is 23.7 Å². The van der Waals surface area contributed by atoms with Crippen LogP contribution in [-0.4, -0.2) is 50.0 Å². The first-order valence-corrected chi connectivity index (χ1v) is 10.2. The predicted octanol–water partition coefficient (Wildman–Crippen LogP) is 4.53. The summed E-state index contributed by atoms with van der Waals surface area (Å²) in [6.45, 7) is 4.74. The highest BCUT2D eigenvalue weighted by molar-refractivity contribution is 7.17. The minimum Gasteiger partial charge on any atom is -0.379 e. The normalized spacial score (nSPS) is 25.0. The molecule has 0 spiro atoms. The van der Waals surface area contributed by atoms with Crippen molar-refractivity contribution in [1.82, 2.24) is 4.90 Å². The molecule has 4 rings (SSSR count). The number of nitrogens with zero attached hydrogens (tertiary/aromatic N) is 1. The van der Waals surface area contributed by atoms with Crippen LogP contribution in [0.15, 0.2) is 29.6 Å². The second-order valence-corrected chi connectivity index (χ2v) is 7.83. The fraction of sp³-hybridized carbons (Fsp3) is 0.600. The van der Waals surface area contributed by atoms with Gasteiger partial charge in [0.1, 0.15) is 0 Å². The van der Waals surface area contributed by atoms with Gasteiger partial charge in [-0.3, -0.25) is 4.90 Å². The molecule has 0 bridgehead atoms. The van der Waals surface area contributed by atoms with Crippen LogP contribution in [0, 0.1) is 0 Å². The maximum Gasteiger partial charge on any atom is 0.0730 e. The van der Waals surface area contributed by atoms with E-state index in [1.807, 2.05) is 11.3 Å². The van der Waals surface area contributed by atoms with E-state index in [9.17, 15) is 0 Å². The van der Waals surface area contributed by atoms with Crippen molar-refractivity contribution in [3.05, 3.63) is 35.2 Å². The molecule has 2 atom stereocenters. The van der Waals surface area contributed by atoms with Crippen LogP contribution in [0.5, 0.6) is 0 Å². The summed E-state index contributed by atoms with van der Waals surface area (Å²) in [6.07, 6.45) is 6.58. The van der Waals surface area contributed by atoms with Crippen molar-refractivity contribution >= 4 is 33.8 Å². The minimum absolute atomic E-state index is 0. The van der Waals surface area contributed by atoms with Crippen LogP contribution in [-0.2, 0) is 15.9 Å². The molecule has 1 aliphatic carbocycles. The van der Waals surface area contributed by atoms with Crippen molar-refractivity contribution in [3.63, 3.8) is 0 Å². The third-order valence-electron chi connectivity index (χ3n) is 5.45. The highest BCUT2D eigenvalue weighted by Crippen LogP contribution is 2.28. The van der Waals surface area contributed by atoms with Gasteiger partial charge in [-0.25, -0.2) is 0 Å². The SMILES string of the molecule is Cl.c1ccc2c(CCO[C@H]3CCCC[C@@H]3N3CCOCC3)csc2c1. The molecule has 1 aromatic heterocycles. The van der Waals surface area contributed by atoms with Crippen molar-refractivity contribution in [1.29, 1.82) is 0 Å². The van der Waals surface area contributed by atoms with E-state index >= 15 is 0 Å². The lowest BCUT2D eigenvalue weighted by Gasteiger charge is -2.41. The molecule has 0 amide bonds. The van der Waals surface area contributed by atoms with Gasteiger partial charge in [0.15, 0.2) is 0 Å². The van der Waals surface area contributed by atoms with Crippen LogP contribution in [0.3, 0.4) is 0 Å². The molecule has 0 N–H and O–H groups in total. The summed E-state index contributed by atoms with van der Waals surface area (Å²) in [5.74, 6) is 0. The fourth-order valence-corrected chi connectivity index (χ4v) is 5.14. The molecule has 1 aromatic carbocycles. The smallest absolute Gasteiger partial charge is 0.0730 e. The zero-order valence-corrected chi connectivity index (χ0v) is 16.3. The Balaban J connectivity index is 0.00000182. The van der Waals surface area contributed by atoms with Gasteiger partial charge in [-0.15, -0.1) is 23.7 Å². The minimum atomic E-state index is 0. The van der Waals surface area contributed by atoms with Crippen LogP contribution < -0.4 is 0 Å². The molecule has 1 saturated heterocycles. The molecule has 3 nitrogen and oxygen atoms in total. The lowest BCUT2D eigenvalue weighted by molar-refractivity contribution is -0.0646. The number of hydrogen-bond donors (Lipinski definition) is 0. The summed E-state index contributed by atoms with van der Waals surface area (Å²) in [4.78, 5) is 2.60. The largest absolute Gasteiger partial charge is 0.379 e. The number of fused-ring (bicyclic) bond motifs is 1. The van der Waals surface area contributed by atoms with E-state index in [0.717, 1.165) is 39.3 Å². The second-order valence-electron chi connectivity index (χ2n) is 6.92. The first-order valence-electron chi connectivity index (χ1n) is 9.30. The summed E-state index contributed by atoms with van der Waals surface area (Å²) in [5, 5.41) is 3.70. The van der Waals surface area contributed by atoms with Gasteiger partial charge in [0.2, 0.25) is 0 Å². The van der Waals surface area contributed by atoms with Crippen molar-refractivity contribution in [2.24, 2.45) is 0 Å². The van der Waals surface area contributed by atoms with Gasteiger partial charge in [-0.2, -0.15) is 0 Å². The second kappa shape index (κ2) is 9.33. The van der Waals surface area contributed by atoms with E-state index in [1.165, 1.54) is 41.3 Å². The molecule has 2 aromatic rings. The van der Waals surface area contributed by atoms with Crippen LogP contribution in [0.25, 0.3) is 10.1 Å². The number of hydrogen-bond acceptors (Lipinski definition) is 4. The molecule has 25 heavy (non-hydrogen) atoms. The monoisotopic (exact) mass is 381 g/mol. The number of morpholine rings is 1. The van der Waals surface area contributed by atoms with Gasteiger partial charge < -0.3 is 9.47 Å². The third-order valence-corrected chi connectivity index (χ3v) is 6.46. The quantitative estimate of drug-likeness (QED) is 0.759. The van der Waals surface area contributed by atoms with Crippen molar-refractivity contribution < 1.29 is 9.47 Å². The maximum absolute atomic E-state index is 6.39. The van der Waals surface area contributed by atoms with Gasteiger partial charge in [-0.05, 0) is 41.7 Å².